The summed E-state index contributed by atoms with van der Waals surface area (Å²) in [4.78, 5) is 37.0. The zero-order valence-electron chi connectivity index (χ0n) is 16.5. The van der Waals surface area contributed by atoms with Gasteiger partial charge in [-0.15, -0.1) is 0 Å². The van der Waals surface area contributed by atoms with E-state index in [1.165, 1.54) is 0 Å². The van der Waals surface area contributed by atoms with Gasteiger partial charge in [0.15, 0.2) is 5.71 Å². The van der Waals surface area contributed by atoms with Gasteiger partial charge in [0.25, 0.3) is 5.91 Å². The van der Waals surface area contributed by atoms with Gasteiger partial charge in [0.1, 0.15) is 6.42 Å². The first-order chi connectivity index (χ1) is 14.0. The first-order valence-electron chi connectivity index (χ1n) is 9.36. The minimum Gasteiger partial charge on any atom is -0.466 e. The lowest BCUT2D eigenvalue weighted by Crippen LogP contribution is -2.31. The standard InChI is InChI=1S/C22H24N2O5/c1-3-28-20(26)15-19(25)24(16-17-11-7-5-8-12-17)23-21(22(27)29-4-2)18-13-9-6-10-14-18/h5-14H,3-4,15-16H2,1-2H3/b23-21+. The smallest absolute Gasteiger partial charge is 0.359 e. The lowest BCUT2D eigenvalue weighted by molar-refractivity contribution is -0.148. The summed E-state index contributed by atoms with van der Waals surface area (Å²) in [7, 11) is 0. The highest BCUT2D eigenvalue weighted by Gasteiger charge is 2.23. The van der Waals surface area contributed by atoms with Crippen LogP contribution in [0.25, 0.3) is 0 Å². The van der Waals surface area contributed by atoms with Crippen molar-refractivity contribution >= 4 is 23.6 Å². The average Bonchev–Trinajstić information content (AvgIpc) is 2.72. The fourth-order valence-electron chi connectivity index (χ4n) is 2.50. The number of esters is 2. The molecule has 0 N–H and O–H groups in total. The lowest BCUT2D eigenvalue weighted by Gasteiger charge is -2.19. The molecule has 2 aromatic carbocycles. The summed E-state index contributed by atoms with van der Waals surface area (Å²) in [6, 6.07) is 17.9. The Bertz CT molecular complexity index is 850. The molecule has 0 heterocycles. The molecule has 0 saturated carbocycles. The Morgan fingerprint density at radius 1 is 0.862 bits per heavy atom. The fraction of sp³-hybridized carbons (Fsp3) is 0.273. The number of hydrogen-bond donors (Lipinski definition) is 0. The summed E-state index contributed by atoms with van der Waals surface area (Å²) in [5.41, 5.74) is 1.29. The number of rotatable bonds is 9. The van der Waals surface area contributed by atoms with Gasteiger partial charge in [-0.3, -0.25) is 9.59 Å². The molecule has 7 heteroatoms. The van der Waals surface area contributed by atoms with Crippen molar-refractivity contribution in [2.24, 2.45) is 5.10 Å². The Hall–Kier alpha value is -3.48. The molecule has 0 atom stereocenters. The van der Waals surface area contributed by atoms with Gasteiger partial charge in [0, 0.05) is 5.56 Å². The summed E-state index contributed by atoms with van der Waals surface area (Å²) >= 11 is 0. The van der Waals surface area contributed by atoms with Crippen molar-refractivity contribution < 1.29 is 23.9 Å². The maximum absolute atomic E-state index is 12.7. The third kappa shape index (κ3) is 6.88. The van der Waals surface area contributed by atoms with E-state index in [2.05, 4.69) is 5.10 Å². The Balaban J connectivity index is 2.40. The molecule has 0 spiro atoms. The second-order valence-corrected chi connectivity index (χ2v) is 5.95. The maximum atomic E-state index is 12.7. The van der Waals surface area contributed by atoms with Gasteiger partial charge in [0.05, 0.1) is 19.8 Å². The van der Waals surface area contributed by atoms with Crippen LogP contribution in [0.4, 0.5) is 0 Å². The van der Waals surface area contributed by atoms with Gasteiger partial charge < -0.3 is 9.47 Å². The molecular weight excluding hydrogens is 372 g/mol. The third-order valence-electron chi connectivity index (χ3n) is 3.80. The number of hydrazone groups is 1. The summed E-state index contributed by atoms with van der Waals surface area (Å²) in [5, 5.41) is 5.39. The van der Waals surface area contributed by atoms with Crippen LogP contribution in [0.3, 0.4) is 0 Å². The molecule has 2 rings (SSSR count). The van der Waals surface area contributed by atoms with Gasteiger partial charge >= 0.3 is 11.9 Å². The molecule has 29 heavy (non-hydrogen) atoms. The van der Waals surface area contributed by atoms with Crippen molar-refractivity contribution in [1.29, 1.82) is 0 Å². The average molecular weight is 396 g/mol. The number of nitrogens with zero attached hydrogens (tertiary/aromatic N) is 2. The largest absolute Gasteiger partial charge is 0.466 e. The molecule has 0 bridgehead atoms. The van der Waals surface area contributed by atoms with Gasteiger partial charge in [-0.2, -0.15) is 5.10 Å². The molecule has 7 nitrogen and oxygen atoms in total. The molecular formula is C22H24N2O5. The summed E-state index contributed by atoms with van der Waals surface area (Å²) < 4.78 is 9.97. The molecule has 2 aromatic rings. The number of hydrogen-bond acceptors (Lipinski definition) is 6. The Morgan fingerprint density at radius 2 is 1.45 bits per heavy atom. The molecule has 152 valence electrons. The second-order valence-electron chi connectivity index (χ2n) is 5.95. The third-order valence-corrected chi connectivity index (χ3v) is 3.80. The summed E-state index contributed by atoms with van der Waals surface area (Å²) in [6.07, 6.45) is -0.477. The molecule has 0 aliphatic heterocycles. The topological polar surface area (TPSA) is 85.3 Å². The van der Waals surface area contributed by atoms with E-state index in [1.54, 1.807) is 44.2 Å². The van der Waals surface area contributed by atoms with Gasteiger partial charge in [-0.05, 0) is 19.4 Å². The number of amides is 1. The van der Waals surface area contributed by atoms with E-state index in [9.17, 15) is 14.4 Å². The van der Waals surface area contributed by atoms with Gasteiger partial charge in [-0.1, -0.05) is 60.7 Å². The first kappa shape index (κ1) is 21.8. The monoisotopic (exact) mass is 396 g/mol. The predicted octanol–water partition coefficient (Wildman–Crippen LogP) is 2.94. The lowest BCUT2D eigenvalue weighted by atomic mass is 10.1. The number of carbonyl (C=O) groups is 3. The minimum absolute atomic E-state index is 0.0133. The van der Waals surface area contributed by atoms with E-state index < -0.39 is 24.3 Å². The van der Waals surface area contributed by atoms with Crippen LogP contribution >= 0.6 is 0 Å². The molecule has 1 amide bonds. The van der Waals surface area contributed by atoms with Gasteiger partial charge in [-0.25, -0.2) is 9.80 Å². The van der Waals surface area contributed by atoms with Crippen LogP contribution in [0.2, 0.25) is 0 Å². The van der Waals surface area contributed by atoms with E-state index in [-0.39, 0.29) is 25.5 Å². The summed E-state index contributed by atoms with van der Waals surface area (Å²) in [5.74, 6) is -1.88. The quantitative estimate of drug-likeness (QED) is 0.282. The van der Waals surface area contributed by atoms with E-state index in [4.69, 9.17) is 9.47 Å². The van der Waals surface area contributed by atoms with Crippen molar-refractivity contribution in [3.63, 3.8) is 0 Å². The predicted molar refractivity (Wildman–Crippen MR) is 108 cm³/mol. The van der Waals surface area contributed by atoms with Crippen molar-refractivity contribution in [1.82, 2.24) is 5.01 Å². The highest BCUT2D eigenvalue weighted by atomic mass is 16.5. The zero-order chi connectivity index (χ0) is 21.1. The maximum Gasteiger partial charge on any atom is 0.359 e. The van der Waals surface area contributed by atoms with Crippen LogP contribution in [0.15, 0.2) is 65.8 Å². The van der Waals surface area contributed by atoms with Crippen molar-refractivity contribution in [2.75, 3.05) is 13.2 Å². The van der Waals surface area contributed by atoms with Crippen LogP contribution in [-0.4, -0.2) is 41.8 Å². The molecule has 0 unspecified atom stereocenters. The fourth-order valence-corrected chi connectivity index (χ4v) is 2.50. The molecule has 0 fully saturated rings. The molecule has 0 saturated heterocycles. The van der Waals surface area contributed by atoms with Crippen molar-refractivity contribution in [3.05, 3.63) is 71.8 Å². The van der Waals surface area contributed by atoms with Crippen molar-refractivity contribution in [2.45, 2.75) is 26.8 Å². The van der Waals surface area contributed by atoms with E-state index in [0.29, 0.717) is 5.56 Å². The molecule has 0 radical (unpaired) electrons. The van der Waals surface area contributed by atoms with Crippen molar-refractivity contribution in [3.8, 4) is 0 Å². The highest BCUT2D eigenvalue weighted by Crippen LogP contribution is 2.11. The first-order valence-corrected chi connectivity index (χ1v) is 9.36. The second kappa shape index (κ2) is 11.4. The molecule has 0 aromatic heterocycles. The molecule has 0 aliphatic carbocycles. The van der Waals surface area contributed by atoms with Crippen LogP contribution < -0.4 is 0 Å². The Morgan fingerprint density at radius 3 is 2.03 bits per heavy atom. The number of ether oxygens (including phenoxy) is 2. The van der Waals surface area contributed by atoms with Gasteiger partial charge in [0.2, 0.25) is 0 Å². The Kier molecular flexibility index (Phi) is 8.56. The normalized spacial score (nSPS) is 10.9. The number of carbonyl (C=O) groups excluding carboxylic acids is 3. The van der Waals surface area contributed by atoms with E-state index in [0.717, 1.165) is 10.6 Å². The minimum atomic E-state index is -0.652. The molecule has 0 aliphatic rings. The Labute approximate surface area is 169 Å². The van der Waals surface area contributed by atoms with Crippen LogP contribution in [-0.2, 0) is 30.4 Å². The highest BCUT2D eigenvalue weighted by molar-refractivity contribution is 6.43. The van der Waals surface area contributed by atoms with E-state index >= 15 is 0 Å². The van der Waals surface area contributed by atoms with Crippen LogP contribution in [0.1, 0.15) is 31.4 Å². The van der Waals surface area contributed by atoms with E-state index in [1.807, 2.05) is 30.3 Å². The van der Waals surface area contributed by atoms with Crippen LogP contribution in [0, 0.1) is 0 Å². The summed E-state index contributed by atoms with van der Waals surface area (Å²) in [6.45, 7) is 3.78. The zero-order valence-corrected chi connectivity index (χ0v) is 16.5. The van der Waals surface area contributed by atoms with Crippen LogP contribution in [0.5, 0.6) is 0 Å². The number of benzene rings is 2. The SMILES string of the molecule is CCOC(=O)CC(=O)N(Cc1ccccc1)/N=C(/C(=O)OCC)c1ccccc1.